The molecule has 0 radical (unpaired) electrons. The lowest BCUT2D eigenvalue weighted by molar-refractivity contribution is -0.329. The van der Waals surface area contributed by atoms with Crippen LogP contribution in [-0.4, -0.2) is 63.3 Å². The molecule has 5 N–H and O–H groups in total. The summed E-state index contributed by atoms with van der Waals surface area (Å²) >= 11 is 0. The Hall–Kier alpha value is -2.13. The van der Waals surface area contributed by atoms with Crippen LogP contribution in [0.4, 0.5) is 0 Å². The highest BCUT2D eigenvalue weighted by molar-refractivity contribution is 5.96. The van der Waals surface area contributed by atoms with E-state index in [0.717, 1.165) is 22.3 Å². The van der Waals surface area contributed by atoms with Crippen LogP contribution in [0.5, 0.6) is 0 Å². The highest BCUT2D eigenvalue weighted by Crippen LogP contribution is 2.49. The van der Waals surface area contributed by atoms with Gasteiger partial charge in [-0.25, -0.2) is 0 Å². The summed E-state index contributed by atoms with van der Waals surface area (Å²) in [5.41, 5.74) is 3.51. The number of rotatable bonds is 5. The summed E-state index contributed by atoms with van der Waals surface area (Å²) in [6.07, 6.45) is -3.87. The molecule has 4 rings (SSSR count). The zero-order valence-electron chi connectivity index (χ0n) is 17.0. The summed E-state index contributed by atoms with van der Waals surface area (Å²) in [5.74, 6) is -1.66. The lowest BCUT2D eigenvalue weighted by Gasteiger charge is -2.46. The second kappa shape index (κ2) is 7.53. The van der Waals surface area contributed by atoms with Gasteiger partial charge in [-0.1, -0.05) is 36.4 Å². The maximum Gasteiger partial charge on any atom is 0.225 e. The first-order chi connectivity index (χ1) is 14.2. The van der Waals surface area contributed by atoms with Gasteiger partial charge in [-0.15, -0.1) is 0 Å². The van der Waals surface area contributed by atoms with Crippen molar-refractivity contribution >= 4 is 5.71 Å². The van der Waals surface area contributed by atoms with Crippen molar-refractivity contribution in [1.29, 1.82) is 5.41 Å². The molecule has 5 atom stereocenters. The van der Waals surface area contributed by atoms with Gasteiger partial charge in [0.2, 0.25) is 5.79 Å². The number of benzene rings is 2. The number of hydrogen-bond donors (Lipinski definition) is 5. The van der Waals surface area contributed by atoms with E-state index in [-0.39, 0.29) is 6.61 Å². The van der Waals surface area contributed by atoms with E-state index in [0.29, 0.717) is 17.7 Å². The molecule has 2 aliphatic rings. The molecule has 0 spiro atoms. The summed E-state index contributed by atoms with van der Waals surface area (Å²) < 4.78 is 11.7. The van der Waals surface area contributed by atoms with Gasteiger partial charge in [-0.05, 0) is 48.6 Å². The summed E-state index contributed by atoms with van der Waals surface area (Å²) in [4.78, 5) is 0. The molecular weight excluding hydrogens is 386 g/mol. The van der Waals surface area contributed by atoms with Crippen molar-refractivity contribution in [1.82, 2.24) is 0 Å². The zero-order chi connectivity index (χ0) is 21.7. The van der Waals surface area contributed by atoms with Crippen molar-refractivity contribution in [2.45, 2.75) is 50.0 Å². The Morgan fingerprint density at radius 2 is 1.80 bits per heavy atom. The highest BCUT2D eigenvalue weighted by atomic mass is 16.8. The molecule has 7 heteroatoms. The van der Waals surface area contributed by atoms with Gasteiger partial charge >= 0.3 is 0 Å². The Bertz CT molecular complexity index is 961. The molecule has 30 heavy (non-hydrogen) atoms. The molecule has 2 aromatic carbocycles. The van der Waals surface area contributed by atoms with E-state index in [9.17, 15) is 20.4 Å². The molecule has 2 saturated heterocycles. The fourth-order valence-electron chi connectivity index (χ4n) is 4.25. The molecule has 7 nitrogen and oxygen atoms in total. The molecule has 2 fully saturated rings. The van der Waals surface area contributed by atoms with Crippen molar-refractivity contribution in [2.75, 3.05) is 13.2 Å². The smallest absolute Gasteiger partial charge is 0.225 e. The molecule has 2 heterocycles. The van der Waals surface area contributed by atoms with E-state index in [1.807, 2.05) is 43.3 Å². The third kappa shape index (κ3) is 3.19. The number of aliphatic hydroxyl groups excluding tert-OH is 4. The summed E-state index contributed by atoms with van der Waals surface area (Å²) in [7, 11) is 0. The second-order valence-corrected chi connectivity index (χ2v) is 8.30. The quantitative estimate of drug-likeness (QED) is 0.466. The lowest BCUT2D eigenvalue weighted by Crippen LogP contribution is -2.65. The number of aryl methyl sites for hydroxylation is 1. The van der Waals surface area contributed by atoms with Gasteiger partial charge < -0.3 is 35.3 Å². The third-order valence-corrected chi connectivity index (χ3v) is 6.26. The van der Waals surface area contributed by atoms with Crippen LogP contribution in [0.25, 0.3) is 0 Å². The molecule has 2 aliphatic heterocycles. The van der Waals surface area contributed by atoms with Gasteiger partial charge in [0.1, 0.15) is 23.9 Å². The summed E-state index contributed by atoms with van der Waals surface area (Å²) in [6.45, 7) is 3.04. The normalized spacial score (nSPS) is 32.9. The average Bonchev–Trinajstić information content (AvgIpc) is 3.13. The Labute approximate surface area is 175 Å². The maximum absolute atomic E-state index is 10.7. The highest BCUT2D eigenvalue weighted by Gasteiger charge is 2.67. The van der Waals surface area contributed by atoms with Gasteiger partial charge in [-0.2, -0.15) is 0 Å². The van der Waals surface area contributed by atoms with Gasteiger partial charge in [0.05, 0.1) is 13.2 Å². The minimum atomic E-state index is -1.66. The number of hydrogen-bond acceptors (Lipinski definition) is 7. The van der Waals surface area contributed by atoms with Crippen LogP contribution in [0, 0.1) is 12.3 Å². The van der Waals surface area contributed by atoms with Gasteiger partial charge in [0, 0.05) is 11.3 Å². The Morgan fingerprint density at radius 1 is 1.10 bits per heavy atom. The van der Waals surface area contributed by atoms with Crippen LogP contribution in [0.2, 0.25) is 0 Å². The number of fused-ring (bicyclic) bond motifs is 2. The Kier molecular flexibility index (Phi) is 5.30. The monoisotopic (exact) mass is 413 g/mol. The van der Waals surface area contributed by atoms with Crippen molar-refractivity contribution < 1.29 is 29.9 Å². The largest absolute Gasteiger partial charge is 0.393 e. The van der Waals surface area contributed by atoms with Crippen LogP contribution in [0.3, 0.4) is 0 Å². The molecule has 0 aromatic heterocycles. The van der Waals surface area contributed by atoms with Crippen molar-refractivity contribution in [3.05, 3.63) is 70.3 Å². The third-order valence-electron chi connectivity index (χ3n) is 6.26. The molecule has 0 amide bonds. The summed E-state index contributed by atoms with van der Waals surface area (Å²) in [6, 6.07) is 13.3. The first-order valence-corrected chi connectivity index (χ1v) is 9.96. The van der Waals surface area contributed by atoms with E-state index >= 15 is 0 Å². The predicted molar refractivity (Wildman–Crippen MR) is 109 cm³/mol. The summed E-state index contributed by atoms with van der Waals surface area (Å²) in [5, 5.41) is 48.9. The van der Waals surface area contributed by atoms with Gasteiger partial charge in [0.25, 0.3) is 0 Å². The van der Waals surface area contributed by atoms with E-state index in [4.69, 9.17) is 14.9 Å². The van der Waals surface area contributed by atoms with E-state index in [1.165, 1.54) is 0 Å². The van der Waals surface area contributed by atoms with Crippen molar-refractivity contribution in [2.24, 2.45) is 0 Å². The predicted octanol–water partition coefficient (Wildman–Crippen LogP) is 1.00. The average molecular weight is 413 g/mol. The molecule has 2 aromatic rings. The van der Waals surface area contributed by atoms with Crippen LogP contribution in [0.15, 0.2) is 42.5 Å². The zero-order valence-corrected chi connectivity index (χ0v) is 17.0. The second-order valence-electron chi connectivity index (χ2n) is 8.30. The van der Waals surface area contributed by atoms with Crippen LogP contribution in [-0.2, 0) is 21.7 Å². The first kappa shape index (κ1) is 21.1. The topological polar surface area (TPSA) is 123 Å². The fourth-order valence-corrected chi connectivity index (χ4v) is 4.25. The van der Waals surface area contributed by atoms with Gasteiger partial charge in [-0.3, -0.25) is 0 Å². The van der Waals surface area contributed by atoms with E-state index in [1.54, 1.807) is 13.0 Å². The molecule has 160 valence electrons. The van der Waals surface area contributed by atoms with Crippen LogP contribution in [0.1, 0.15) is 34.7 Å². The Balaban J connectivity index is 1.68. The van der Waals surface area contributed by atoms with Crippen molar-refractivity contribution in [3.63, 3.8) is 0 Å². The number of nitrogens with one attached hydrogen (secondary N) is 1. The molecule has 0 unspecified atom stereocenters. The maximum atomic E-state index is 10.7. The van der Waals surface area contributed by atoms with E-state index in [2.05, 4.69) is 0 Å². The molecule has 2 bridgehead atoms. The first-order valence-electron chi connectivity index (χ1n) is 9.96. The minimum Gasteiger partial charge on any atom is -0.393 e. The molecule has 0 saturated carbocycles. The standard InChI is InChI=1S/C23H27NO6/c1-13-3-8-18(10-17(13)9-15-4-6-16(7-5-15)14(2)24)23-21(28)19(26)20(27)22(11-25,30-23)12-29-23/h3-8,10,19-21,24-28H,9,11-12H2,1-2H3/t19-,20-,21+,22-,23-/m0/s1. The SMILES string of the molecule is CC(=N)c1ccc(Cc2cc([C@]34OC[C@](CO)(O3)[C@@H](O)[C@H](O)[C@H]4O)ccc2C)cc1. The fraction of sp³-hybridized carbons (Fsp3) is 0.435. The lowest BCUT2D eigenvalue weighted by atomic mass is 9.83. The number of aliphatic hydroxyl groups is 4. The Morgan fingerprint density at radius 3 is 2.43 bits per heavy atom. The minimum absolute atomic E-state index is 0.146. The van der Waals surface area contributed by atoms with Crippen molar-refractivity contribution in [3.8, 4) is 0 Å². The van der Waals surface area contributed by atoms with E-state index < -0.39 is 36.3 Å². The van der Waals surface area contributed by atoms with Crippen LogP contribution < -0.4 is 0 Å². The van der Waals surface area contributed by atoms with Gasteiger partial charge in [0.15, 0.2) is 0 Å². The number of ether oxygens (including phenoxy) is 2. The molecule has 0 aliphatic carbocycles. The molecular formula is C23H27NO6. The van der Waals surface area contributed by atoms with Crippen LogP contribution >= 0.6 is 0 Å².